The molecule has 24 heavy (non-hydrogen) atoms. The Morgan fingerprint density at radius 2 is 2.00 bits per heavy atom. The lowest BCUT2D eigenvalue weighted by Gasteiger charge is -2.23. The Labute approximate surface area is 138 Å². The second-order valence-electron chi connectivity index (χ2n) is 5.41. The van der Waals surface area contributed by atoms with E-state index in [9.17, 15) is 21.6 Å². The minimum absolute atomic E-state index is 0.0897. The standard InChI is InChI=1S/C14H19F3N2O4S/c15-12-7-11(24(20,21)19-9-14(16,17)8-18)1-2-13(12)23-10-3-5-22-6-4-10/h1-2,7,10,19H,3-6,8-9,18H2. The highest BCUT2D eigenvalue weighted by molar-refractivity contribution is 7.89. The largest absolute Gasteiger partial charge is 0.487 e. The number of hydrogen-bond donors (Lipinski definition) is 2. The van der Waals surface area contributed by atoms with Crippen LogP contribution in [0.1, 0.15) is 12.8 Å². The quantitative estimate of drug-likeness (QED) is 0.756. The SMILES string of the molecule is NCC(F)(F)CNS(=O)(=O)c1ccc(OC2CCOCC2)c(F)c1. The van der Waals surface area contributed by atoms with Crippen LogP contribution in [0.25, 0.3) is 0 Å². The molecular weight excluding hydrogens is 349 g/mol. The molecule has 0 aliphatic carbocycles. The molecule has 1 aliphatic heterocycles. The maximum absolute atomic E-state index is 14.1. The second-order valence-corrected chi connectivity index (χ2v) is 7.17. The predicted octanol–water partition coefficient (Wildman–Crippen LogP) is 1.26. The monoisotopic (exact) mass is 368 g/mol. The number of alkyl halides is 2. The molecule has 1 aromatic rings. The number of ether oxygens (including phenoxy) is 2. The summed E-state index contributed by atoms with van der Waals surface area (Å²) in [7, 11) is -4.28. The van der Waals surface area contributed by atoms with Gasteiger partial charge in [-0.25, -0.2) is 26.3 Å². The lowest BCUT2D eigenvalue weighted by Crippen LogP contribution is -2.41. The van der Waals surface area contributed by atoms with Crippen molar-refractivity contribution in [1.29, 1.82) is 0 Å². The summed E-state index contributed by atoms with van der Waals surface area (Å²) in [6, 6.07) is 3.00. The van der Waals surface area contributed by atoms with Gasteiger partial charge in [-0.15, -0.1) is 0 Å². The number of rotatable bonds is 7. The van der Waals surface area contributed by atoms with E-state index in [1.165, 1.54) is 6.07 Å². The van der Waals surface area contributed by atoms with E-state index in [1.807, 2.05) is 0 Å². The molecule has 1 aromatic carbocycles. The van der Waals surface area contributed by atoms with Gasteiger partial charge in [0.05, 0.1) is 31.2 Å². The van der Waals surface area contributed by atoms with Crippen molar-refractivity contribution >= 4 is 10.0 Å². The van der Waals surface area contributed by atoms with Crippen LogP contribution in [0.3, 0.4) is 0 Å². The third-order valence-electron chi connectivity index (χ3n) is 3.50. The van der Waals surface area contributed by atoms with Gasteiger partial charge in [-0.3, -0.25) is 0 Å². The molecule has 1 saturated heterocycles. The first-order valence-electron chi connectivity index (χ1n) is 7.35. The molecule has 0 saturated carbocycles. The highest BCUT2D eigenvalue weighted by Crippen LogP contribution is 2.24. The van der Waals surface area contributed by atoms with Gasteiger partial charge in [0.1, 0.15) is 6.10 Å². The number of hydrogen-bond acceptors (Lipinski definition) is 5. The first kappa shape index (κ1) is 19.0. The molecule has 3 N–H and O–H groups in total. The van der Waals surface area contributed by atoms with Crippen molar-refractivity contribution in [2.24, 2.45) is 5.73 Å². The Balaban J connectivity index is 2.07. The zero-order valence-electron chi connectivity index (χ0n) is 12.8. The van der Waals surface area contributed by atoms with Crippen LogP contribution in [-0.4, -0.2) is 46.7 Å². The Morgan fingerprint density at radius 3 is 2.58 bits per heavy atom. The number of benzene rings is 1. The molecule has 0 aromatic heterocycles. The Morgan fingerprint density at radius 1 is 1.33 bits per heavy atom. The number of nitrogens with two attached hydrogens (primary N) is 1. The van der Waals surface area contributed by atoms with Crippen LogP contribution in [0.4, 0.5) is 13.2 Å². The zero-order chi connectivity index (χ0) is 17.8. The normalized spacial score (nSPS) is 17.0. The molecule has 1 fully saturated rings. The summed E-state index contributed by atoms with van der Waals surface area (Å²) in [6.45, 7) is -1.13. The maximum atomic E-state index is 14.1. The molecular formula is C14H19F3N2O4S. The van der Waals surface area contributed by atoms with E-state index in [-0.39, 0.29) is 11.9 Å². The van der Waals surface area contributed by atoms with E-state index in [2.05, 4.69) is 0 Å². The van der Waals surface area contributed by atoms with E-state index < -0.39 is 39.7 Å². The average molecular weight is 368 g/mol. The second kappa shape index (κ2) is 7.68. The van der Waals surface area contributed by atoms with Gasteiger partial charge in [-0.1, -0.05) is 0 Å². The first-order valence-corrected chi connectivity index (χ1v) is 8.83. The van der Waals surface area contributed by atoms with Gasteiger partial charge in [0, 0.05) is 12.8 Å². The molecule has 0 amide bonds. The van der Waals surface area contributed by atoms with Crippen molar-refractivity contribution in [1.82, 2.24) is 4.72 Å². The van der Waals surface area contributed by atoms with E-state index >= 15 is 0 Å². The molecule has 1 aliphatic rings. The highest BCUT2D eigenvalue weighted by atomic mass is 32.2. The molecule has 136 valence electrons. The van der Waals surface area contributed by atoms with Crippen molar-refractivity contribution in [3.8, 4) is 5.75 Å². The third kappa shape index (κ3) is 5.07. The maximum Gasteiger partial charge on any atom is 0.273 e. The van der Waals surface area contributed by atoms with E-state index in [1.54, 1.807) is 4.72 Å². The summed E-state index contributed by atoms with van der Waals surface area (Å²) in [4.78, 5) is -0.466. The highest BCUT2D eigenvalue weighted by Gasteiger charge is 2.29. The van der Waals surface area contributed by atoms with Crippen molar-refractivity contribution in [3.63, 3.8) is 0 Å². The molecule has 0 radical (unpaired) electrons. The van der Waals surface area contributed by atoms with Gasteiger partial charge in [0.25, 0.3) is 5.92 Å². The van der Waals surface area contributed by atoms with Crippen LogP contribution >= 0.6 is 0 Å². The molecule has 0 unspecified atom stereocenters. The van der Waals surface area contributed by atoms with Crippen molar-refractivity contribution in [3.05, 3.63) is 24.0 Å². The fourth-order valence-electron chi connectivity index (χ4n) is 2.07. The third-order valence-corrected chi connectivity index (χ3v) is 4.89. The summed E-state index contributed by atoms with van der Waals surface area (Å²) in [5.41, 5.74) is 4.84. The van der Waals surface area contributed by atoms with Crippen LogP contribution < -0.4 is 15.2 Å². The summed E-state index contributed by atoms with van der Waals surface area (Å²) in [5.74, 6) is -4.35. The van der Waals surface area contributed by atoms with Crippen LogP contribution in [0.15, 0.2) is 23.1 Å². The summed E-state index contributed by atoms with van der Waals surface area (Å²) in [5, 5.41) is 0. The van der Waals surface area contributed by atoms with Crippen LogP contribution in [0.2, 0.25) is 0 Å². The number of nitrogens with one attached hydrogen (secondary N) is 1. The van der Waals surface area contributed by atoms with E-state index in [0.29, 0.717) is 26.1 Å². The van der Waals surface area contributed by atoms with Crippen LogP contribution in [0, 0.1) is 5.82 Å². The fourth-order valence-corrected chi connectivity index (χ4v) is 3.15. The average Bonchev–Trinajstić information content (AvgIpc) is 2.56. The smallest absolute Gasteiger partial charge is 0.273 e. The summed E-state index contributed by atoms with van der Waals surface area (Å²) >= 11 is 0. The van der Waals surface area contributed by atoms with Crippen molar-refractivity contribution in [2.45, 2.75) is 29.8 Å². The van der Waals surface area contributed by atoms with Gasteiger partial charge >= 0.3 is 0 Å². The Hall–Kier alpha value is -1.36. The van der Waals surface area contributed by atoms with Crippen LogP contribution in [0.5, 0.6) is 5.75 Å². The van der Waals surface area contributed by atoms with Gasteiger partial charge in [0.15, 0.2) is 11.6 Å². The molecule has 0 atom stereocenters. The van der Waals surface area contributed by atoms with E-state index in [0.717, 1.165) is 12.1 Å². The Bertz CT molecular complexity index is 664. The number of sulfonamides is 1. The van der Waals surface area contributed by atoms with E-state index in [4.69, 9.17) is 15.2 Å². The van der Waals surface area contributed by atoms with Gasteiger partial charge in [-0.2, -0.15) is 0 Å². The van der Waals surface area contributed by atoms with Crippen LogP contribution in [-0.2, 0) is 14.8 Å². The van der Waals surface area contributed by atoms with Gasteiger partial charge < -0.3 is 15.2 Å². The molecule has 0 bridgehead atoms. The lowest BCUT2D eigenvalue weighted by molar-refractivity contribution is 0.0170. The molecule has 1 heterocycles. The summed E-state index contributed by atoms with van der Waals surface area (Å²) < 4.78 is 76.4. The van der Waals surface area contributed by atoms with Crippen molar-refractivity contribution in [2.75, 3.05) is 26.3 Å². The molecule has 10 heteroatoms. The van der Waals surface area contributed by atoms with Gasteiger partial charge in [-0.05, 0) is 18.2 Å². The Kier molecular flexibility index (Phi) is 6.07. The molecule has 6 nitrogen and oxygen atoms in total. The minimum atomic E-state index is -4.28. The number of halogens is 3. The molecule has 0 spiro atoms. The molecule has 2 rings (SSSR count). The topological polar surface area (TPSA) is 90.7 Å². The van der Waals surface area contributed by atoms with Crippen molar-refractivity contribution < 1.29 is 31.1 Å². The lowest BCUT2D eigenvalue weighted by atomic mass is 10.1. The van der Waals surface area contributed by atoms with Gasteiger partial charge in [0.2, 0.25) is 10.0 Å². The predicted molar refractivity (Wildman–Crippen MR) is 80.1 cm³/mol. The zero-order valence-corrected chi connectivity index (χ0v) is 13.6. The minimum Gasteiger partial charge on any atom is -0.487 e. The first-order chi connectivity index (χ1) is 11.2. The summed E-state index contributed by atoms with van der Waals surface area (Å²) in [6.07, 6.45) is 1.00. The fraction of sp³-hybridized carbons (Fsp3) is 0.571.